The molecule has 5 heterocycles. The molecule has 10 heteroatoms. The van der Waals surface area contributed by atoms with Crippen LogP contribution >= 0.6 is 24.0 Å². The van der Waals surface area contributed by atoms with E-state index in [1.54, 1.807) is 21.6 Å². The Labute approximate surface area is 207 Å². The maximum absolute atomic E-state index is 13.7. The lowest BCUT2D eigenvalue weighted by atomic mass is 10.1. The molecule has 3 atom stereocenters. The van der Waals surface area contributed by atoms with Crippen molar-refractivity contribution in [1.82, 2.24) is 14.3 Å². The van der Waals surface area contributed by atoms with E-state index in [4.69, 9.17) is 26.7 Å². The molecule has 0 aromatic carbocycles. The number of ether oxygens (including phenoxy) is 2. The largest absolute Gasteiger partial charge is 0.376 e. The van der Waals surface area contributed by atoms with Crippen molar-refractivity contribution in [3.63, 3.8) is 0 Å². The molecule has 8 nitrogen and oxygen atoms in total. The van der Waals surface area contributed by atoms with E-state index in [9.17, 15) is 9.59 Å². The van der Waals surface area contributed by atoms with Crippen molar-refractivity contribution in [2.45, 2.75) is 51.9 Å². The molecular weight excluding hydrogens is 472 g/mol. The Kier molecular flexibility index (Phi) is 6.49. The molecule has 34 heavy (non-hydrogen) atoms. The van der Waals surface area contributed by atoms with Crippen LogP contribution in [0.3, 0.4) is 0 Å². The number of thiocarbonyl (C=S) groups is 1. The minimum atomic E-state index is -0.208. The standard InChI is InChI=1S/C24H28N4O4S2/c1-14-6-7-20-25-21(26-11-15(2)32-16(3)12-26)18(22(29)27(20)10-14)9-19-23(30)28(24(33)34-19)13-17-5-4-8-31-17/h6-7,9-10,15-17H,4-5,8,11-13H2,1-3H3/b19-9-/t15-,16+,17-/m1/s1. The summed E-state index contributed by atoms with van der Waals surface area (Å²) in [4.78, 5) is 35.9. The van der Waals surface area contributed by atoms with Gasteiger partial charge in [0.15, 0.2) is 0 Å². The number of carbonyl (C=O) groups excluding carboxylic acids is 1. The third-order valence-corrected chi connectivity index (χ3v) is 7.64. The summed E-state index contributed by atoms with van der Waals surface area (Å²) in [5, 5.41) is 0. The van der Waals surface area contributed by atoms with Gasteiger partial charge in [0.05, 0.1) is 35.3 Å². The Morgan fingerprint density at radius 2 is 2.00 bits per heavy atom. The first-order valence-corrected chi connectivity index (χ1v) is 12.8. The lowest BCUT2D eigenvalue weighted by Crippen LogP contribution is -2.46. The molecule has 5 rings (SSSR count). The molecular formula is C24H28N4O4S2. The molecule has 2 aromatic heterocycles. The van der Waals surface area contributed by atoms with Crippen LogP contribution in [-0.4, -0.2) is 69.1 Å². The first-order valence-electron chi connectivity index (χ1n) is 11.6. The lowest BCUT2D eigenvalue weighted by Gasteiger charge is -2.36. The van der Waals surface area contributed by atoms with Crippen molar-refractivity contribution >= 4 is 51.7 Å². The number of fused-ring (bicyclic) bond motifs is 1. The fraction of sp³-hybridized carbons (Fsp3) is 0.500. The van der Waals surface area contributed by atoms with E-state index in [-0.39, 0.29) is 29.8 Å². The second-order valence-electron chi connectivity index (χ2n) is 9.18. The van der Waals surface area contributed by atoms with Crippen molar-refractivity contribution < 1.29 is 14.3 Å². The summed E-state index contributed by atoms with van der Waals surface area (Å²) in [6.07, 6.45) is 5.36. The summed E-state index contributed by atoms with van der Waals surface area (Å²) in [6, 6.07) is 3.78. The van der Waals surface area contributed by atoms with E-state index in [0.717, 1.165) is 18.4 Å². The second-order valence-corrected chi connectivity index (χ2v) is 10.9. The monoisotopic (exact) mass is 500 g/mol. The van der Waals surface area contributed by atoms with Crippen LogP contribution in [0.15, 0.2) is 28.0 Å². The molecule has 0 N–H and O–H groups in total. The summed E-state index contributed by atoms with van der Waals surface area (Å²) in [5.74, 6) is 0.383. The highest BCUT2D eigenvalue weighted by atomic mass is 32.2. The minimum absolute atomic E-state index is 0.000471. The number of pyridine rings is 1. The molecule has 3 saturated heterocycles. The van der Waals surface area contributed by atoms with E-state index >= 15 is 0 Å². The van der Waals surface area contributed by atoms with Gasteiger partial charge in [-0.1, -0.05) is 30.0 Å². The first-order chi connectivity index (χ1) is 16.3. The highest BCUT2D eigenvalue weighted by Gasteiger charge is 2.35. The van der Waals surface area contributed by atoms with Crippen LogP contribution < -0.4 is 10.5 Å². The normalized spacial score (nSPS) is 26.9. The molecule has 3 fully saturated rings. The molecule has 2 aromatic rings. The number of aryl methyl sites for hydroxylation is 1. The van der Waals surface area contributed by atoms with Gasteiger partial charge >= 0.3 is 0 Å². The Morgan fingerprint density at radius 1 is 1.24 bits per heavy atom. The quantitative estimate of drug-likeness (QED) is 0.469. The van der Waals surface area contributed by atoms with E-state index in [1.165, 1.54) is 11.8 Å². The number of rotatable bonds is 4. The Hall–Kier alpha value is -2.27. The van der Waals surface area contributed by atoms with Crippen molar-refractivity contribution in [3.05, 3.63) is 44.7 Å². The molecule has 0 aliphatic carbocycles. The van der Waals surface area contributed by atoms with Gasteiger partial charge in [0, 0.05) is 25.9 Å². The second kappa shape index (κ2) is 9.41. The molecule has 3 aliphatic rings. The van der Waals surface area contributed by atoms with Crippen LogP contribution in [-0.2, 0) is 14.3 Å². The number of hydrogen-bond acceptors (Lipinski definition) is 8. The van der Waals surface area contributed by atoms with Crippen LogP contribution in [0.2, 0.25) is 0 Å². The summed E-state index contributed by atoms with van der Waals surface area (Å²) in [5.41, 5.74) is 1.70. The van der Waals surface area contributed by atoms with E-state index < -0.39 is 0 Å². The summed E-state index contributed by atoms with van der Waals surface area (Å²) in [6.45, 7) is 8.33. The third-order valence-electron chi connectivity index (χ3n) is 6.26. The average molecular weight is 501 g/mol. The van der Waals surface area contributed by atoms with Crippen LogP contribution in [0.4, 0.5) is 5.82 Å². The smallest absolute Gasteiger partial charge is 0.267 e. The summed E-state index contributed by atoms with van der Waals surface area (Å²) < 4.78 is 13.6. The molecule has 0 radical (unpaired) electrons. The van der Waals surface area contributed by atoms with Crippen molar-refractivity contribution in [2.75, 3.05) is 31.1 Å². The van der Waals surface area contributed by atoms with E-state index in [1.807, 2.05) is 32.9 Å². The van der Waals surface area contributed by atoms with Crippen molar-refractivity contribution in [3.8, 4) is 0 Å². The topological polar surface area (TPSA) is 76.4 Å². The minimum Gasteiger partial charge on any atom is -0.376 e. The lowest BCUT2D eigenvalue weighted by molar-refractivity contribution is -0.123. The maximum Gasteiger partial charge on any atom is 0.267 e. The number of aromatic nitrogens is 2. The van der Waals surface area contributed by atoms with Gasteiger partial charge in [-0.2, -0.15) is 0 Å². The molecule has 0 bridgehead atoms. The number of amides is 1. The van der Waals surface area contributed by atoms with Gasteiger partial charge in [-0.15, -0.1) is 0 Å². The summed E-state index contributed by atoms with van der Waals surface area (Å²) in [7, 11) is 0. The van der Waals surface area contributed by atoms with E-state index in [2.05, 4.69) is 4.90 Å². The fourth-order valence-electron chi connectivity index (χ4n) is 4.75. The van der Waals surface area contributed by atoms with Gasteiger partial charge in [0.25, 0.3) is 11.5 Å². The molecule has 0 saturated carbocycles. The number of hydrogen-bond donors (Lipinski definition) is 0. The number of morpholine rings is 1. The van der Waals surface area contributed by atoms with Crippen LogP contribution in [0, 0.1) is 6.92 Å². The molecule has 3 aliphatic heterocycles. The highest BCUT2D eigenvalue weighted by molar-refractivity contribution is 8.26. The summed E-state index contributed by atoms with van der Waals surface area (Å²) >= 11 is 6.73. The first kappa shape index (κ1) is 23.5. The molecule has 180 valence electrons. The van der Waals surface area contributed by atoms with Gasteiger partial charge < -0.3 is 14.4 Å². The van der Waals surface area contributed by atoms with Crippen LogP contribution in [0.5, 0.6) is 0 Å². The van der Waals surface area contributed by atoms with Crippen molar-refractivity contribution in [2.24, 2.45) is 0 Å². The van der Waals surface area contributed by atoms with Crippen LogP contribution in [0.1, 0.15) is 37.8 Å². The molecule has 1 amide bonds. The zero-order valence-electron chi connectivity index (χ0n) is 19.5. The fourth-order valence-corrected chi connectivity index (χ4v) is 6.00. The van der Waals surface area contributed by atoms with E-state index in [0.29, 0.717) is 52.5 Å². The van der Waals surface area contributed by atoms with Gasteiger partial charge in [-0.05, 0) is 51.3 Å². The van der Waals surface area contributed by atoms with Crippen LogP contribution in [0.25, 0.3) is 11.7 Å². The molecule has 0 unspecified atom stereocenters. The zero-order chi connectivity index (χ0) is 24.0. The number of anilines is 1. The Bertz CT molecular complexity index is 1230. The van der Waals surface area contributed by atoms with Gasteiger partial charge in [0.1, 0.15) is 15.8 Å². The van der Waals surface area contributed by atoms with Gasteiger partial charge in [-0.25, -0.2) is 4.98 Å². The third kappa shape index (κ3) is 4.51. The highest BCUT2D eigenvalue weighted by Crippen LogP contribution is 2.34. The SMILES string of the molecule is Cc1ccc2nc(N3C[C@@H](C)O[C@@H](C)C3)c(/C=C3\SC(=S)N(C[C@H]4CCCO4)C3=O)c(=O)n2c1. The Morgan fingerprint density at radius 3 is 2.71 bits per heavy atom. The zero-order valence-corrected chi connectivity index (χ0v) is 21.2. The van der Waals surface area contributed by atoms with Gasteiger partial charge in [0.2, 0.25) is 0 Å². The Balaban J connectivity index is 1.58. The molecule has 0 spiro atoms. The number of thioether (sulfide) groups is 1. The number of nitrogens with zero attached hydrogens (tertiary/aromatic N) is 4. The maximum atomic E-state index is 13.7. The van der Waals surface area contributed by atoms with Crippen molar-refractivity contribution in [1.29, 1.82) is 0 Å². The van der Waals surface area contributed by atoms with Gasteiger partial charge in [-0.3, -0.25) is 18.9 Å². The number of carbonyl (C=O) groups is 1. The predicted octanol–water partition coefficient (Wildman–Crippen LogP) is 3.00. The average Bonchev–Trinajstić information content (AvgIpc) is 3.39. The predicted molar refractivity (Wildman–Crippen MR) is 137 cm³/mol.